The molecule has 1 amide bonds. The van der Waals surface area contributed by atoms with Gasteiger partial charge in [-0.2, -0.15) is 0 Å². The highest BCUT2D eigenvalue weighted by atomic mass is 19.1. The maximum atomic E-state index is 13.2. The number of pyridine rings is 1. The molecule has 0 spiro atoms. The number of ether oxygens (including phenoxy) is 1. The molecule has 0 fully saturated rings. The van der Waals surface area contributed by atoms with E-state index in [2.05, 4.69) is 15.6 Å². The molecule has 0 radical (unpaired) electrons. The average Bonchev–Trinajstić information content (AvgIpc) is 2.72. The van der Waals surface area contributed by atoms with Gasteiger partial charge in [-0.3, -0.25) is 5.32 Å². The Balaban J connectivity index is 1.79. The molecular weight excluding hydrogens is 371 g/mol. The van der Waals surface area contributed by atoms with Gasteiger partial charge >= 0.3 is 6.09 Å². The van der Waals surface area contributed by atoms with Crippen LogP contribution in [0.25, 0.3) is 0 Å². The fraction of sp³-hybridized carbons (Fsp3) is 0.182. The van der Waals surface area contributed by atoms with Crippen LogP contribution in [0.15, 0.2) is 66.7 Å². The summed E-state index contributed by atoms with van der Waals surface area (Å²) in [5.74, 6) is 0.474. The van der Waals surface area contributed by atoms with Crippen LogP contribution in [-0.2, 0) is 11.2 Å². The van der Waals surface area contributed by atoms with Gasteiger partial charge < -0.3 is 15.8 Å². The van der Waals surface area contributed by atoms with Gasteiger partial charge in [0.1, 0.15) is 17.5 Å². The Hall–Kier alpha value is -3.61. The number of anilines is 3. The lowest BCUT2D eigenvalue weighted by atomic mass is 9.99. The minimum atomic E-state index is -0.583. The van der Waals surface area contributed by atoms with Crippen molar-refractivity contribution < 1.29 is 13.9 Å². The van der Waals surface area contributed by atoms with Crippen molar-refractivity contribution in [1.29, 1.82) is 0 Å². The smallest absolute Gasteiger partial charge is 0.411 e. The molecule has 3 aromatic rings. The van der Waals surface area contributed by atoms with Crippen molar-refractivity contribution in [3.8, 4) is 0 Å². The van der Waals surface area contributed by atoms with Crippen LogP contribution in [0.4, 0.5) is 26.5 Å². The summed E-state index contributed by atoms with van der Waals surface area (Å²) in [6, 6.07) is 19.6. The van der Waals surface area contributed by atoms with Crippen molar-refractivity contribution in [3.05, 3.63) is 83.7 Å². The molecule has 29 heavy (non-hydrogen) atoms. The fourth-order valence-electron chi connectivity index (χ4n) is 2.91. The van der Waals surface area contributed by atoms with E-state index in [1.165, 1.54) is 12.1 Å². The number of amides is 1. The van der Waals surface area contributed by atoms with Gasteiger partial charge in [0.25, 0.3) is 0 Å². The maximum Gasteiger partial charge on any atom is 0.411 e. The molecule has 4 N–H and O–H groups in total. The van der Waals surface area contributed by atoms with E-state index >= 15 is 0 Å². The first kappa shape index (κ1) is 20.1. The molecule has 1 atom stereocenters. The minimum absolute atomic E-state index is 0.0996. The van der Waals surface area contributed by atoms with E-state index < -0.39 is 6.09 Å². The van der Waals surface area contributed by atoms with Gasteiger partial charge in [0.05, 0.1) is 18.3 Å². The van der Waals surface area contributed by atoms with Gasteiger partial charge in [0.2, 0.25) is 0 Å². The summed E-state index contributed by atoms with van der Waals surface area (Å²) in [5.41, 5.74) is 8.41. The third-order valence-electron chi connectivity index (χ3n) is 4.31. The highest BCUT2D eigenvalue weighted by molar-refractivity contribution is 5.88. The number of nitrogen functional groups attached to an aromatic ring is 1. The number of carbonyl (C=O) groups is 1. The summed E-state index contributed by atoms with van der Waals surface area (Å²) in [6.07, 6.45) is 0.0505. The number of hydrogen-bond donors (Lipinski definition) is 3. The van der Waals surface area contributed by atoms with Gasteiger partial charge in [-0.05, 0) is 48.7 Å². The molecule has 150 valence electrons. The van der Waals surface area contributed by atoms with Crippen LogP contribution in [0.5, 0.6) is 0 Å². The molecule has 0 saturated heterocycles. The topological polar surface area (TPSA) is 89.3 Å². The van der Waals surface area contributed by atoms with Crippen molar-refractivity contribution in [1.82, 2.24) is 4.98 Å². The van der Waals surface area contributed by atoms with Crippen LogP contribution >= 0.6 is 0 Å². The number of nitrogens with zero attached hydrogens (tertiary/aromatic N) is 1. The average molecular weight is 394 g/mol. The number of benzene rings is 2. The second-order valence-electron chi connectivity index (χ2n) is 6.41. The molecule has 1 heterocycles. The highest BCUT2D eigenvalue weighted by Gasteiger charge is 2.14. The van der Waals surface area contributed by atoms with Crippen LogP contribution < -0.4 is 16.4 Å². The molecule has 0 aliphatic carbocycles. The molecule has 1 unspecified atom stereocenters. The molecule has 1 aromatic heterocycles. The van der Waals surface area contributed by atoms with E-state index in [4.69, 9.17) is 10.5 Å². The normalized spacial score (nSPS) is 11.5. The van der Waals surface area contributed by atoms with Gasteiger partial charge in [-0.15, -0.1) is 0 Å². The Kier molecular flexibility index (Phi) is 6.63. The van der Waals surface area contributed by atoms with Crippen LogP contribution in [-0.4, -0.2) is 17.7 Å². The lowest BCUT2D eigenvalue weighted by Crippen LogP contribution is -2.17. The summed E-state index contributed by atoms with van der Waals surface area (Å²) in [5, 5.41) is 5.93. The molecule has 0 aliphatic rings. The molecular formula is C22H23FN4O2. The number of rotatable bonds is 7. The van der Waals surface area contributed by atoms with Gasteiger partial charge in [0, 0.05) is 0 Å². The highest BCUT2D eigenvalue weighted by Crippen LogP contribution is 2.25. The summed E-state index contributed by atoms with van der Waals surface area (Å²) in [7, 11) is 0. The lowest BCUT2D eigenvalue weighted by molar-refractivity contribution is 0.168. The van der Waals surface area contributed by atoms with Gasteiger partial charge in [0.15, 0.2) is 0 Å². The molecule has 6 nitrogen and oxygen atoms in total. The van der Waals surface area contributed by atoms with Gasteiger partial charge in [-0.1, -0.05) is 42.5 Å². The van der Waals surface area contributed by atoms with E-state index in [0.717, 1.165) is 11.1 Å². The number of halogens is 1. The number of nitrogens with two attached hydrogens (primary N) is 1. The molecule has 3 rings (SSSR count). The quantitative estimate of drug-likeness (QED) is 0.537. The first-order valence-corrected chi connectivity index (χ1v) is 9.31. The zero-order valence-electron chi connectivity index (χ0n) is 16.1. The van der Waals surface area contributed by atoms with Gasteiger partial charge in [-0.25, -0.2) is 14.2 Å². The first-order valence-electron chi connectivity index (χ1n) is 9.31. The number of hydrogen-bond acceptors (Lipinski definition) is 5. The minimum Gasteiger partial charge on any atom is -0.450 e. The summed E-state index contributed by atoms with van der Waals surface area (Å²) < 4.78 is 18.1. The molecule has 0 aliphatic heterocycles. The largest absolute Gasteiger partial charge is 0.450 e. The third-order valence-corrected chi connectivity index (χ3v) is 4.31. The Morgan fingerprint density at radius 2 is 1.83 bits per heavy atom. The monoisotopic (exact) mass is 394 g/mol. The number of aromatic nitrogens is 1. The van der Waals surface area contributed by atoms with E-state index in [-0.39, 0.29) is 24.3 Å². The van der Waals surface area contributed by atoms with Crippen molar-refractivity contribution in [2.75, 3.05) is 23.0 Å². The Morgan fingerprint density at radius 3 is 2.48 bits per heavy atom. The number of nitrogens with one attached hydrogen (secondary N) is 2. The van der Waals surface area contributed by atoms with E-state index in [0.29, 0.717) is 17.9 Å². The third kappa shape index (κ3) is 5.68. The van der Waals surface area contributed by atoms with Crippen molar-refractivity contribution in [2.24, 2.45) is 0 Å². The molecule has 0 saturated carbocycles. The second-order valence-corrected chi connectivity index (χ2v) is 6.41. The molecule has 2 aromatic carbocycles. The van der Waals surface area contributed by atoms with E-state index in [1.54, 1.807) is 31.2 Å². The van der Waals surface area contributed by atoms with Crippen LogP contribution in [0, 0.1) is 5.82 Å². The Labute approximate surface area is 168 Å². The molecule has 7 heteroatoms. The standard InChI is InChI=1S/C22H23FN4O2/c1-2-29-22(28)26-18-12-13-20(27-21(18)24)25-19(16-6-4-3-5-7-16)14-15-8-10-17(23)11-9-15/h3-13,19H,2,14H2,1H3,(H,26,28)(H3,24,25,27). The van der Waals surface area contributed by atoms with Crippen LogP contribution in [0.2, 0.25) is 0 Å². The fourth-order valence-corrected chi connectivity index (χ4v) is 2.91. The summed E-state index contributed by atoms with van der Waals surface area (Å²) >= 11 is 0. The van der Waals surface area contributed by atoms with E-state index in [9.17, 15) is 9.18 Å². The van der Waals surface area contributed by atoms with Crippen LogP contribution in [0.3, 0.4) is 0 Å². The zero-order chi connectivity index (χ0) is 20.6. The van der Waals surface area contributed by atoms with Crippen molar-refractivity contribution in [3.63, 3.8) is 0 Å². The van der Waals surface area contributed by atoms with Crippen molar-refractivity contribution >= 4 is 23.4 Å². The number of carbonyl (C=O) groups excluding carboxylic acids is 1. The predicted octanol–water partition coefficient (Wildman–Crippen LogP) is 4.77. The summed E-state index contributed by atoms with van der Waals surface area (Å²) in [6.45, 7) is 1.99. The van der Waals surface area contributed by atoms with E-state index in [1.807, 2.05) is 30.3 Å². The maximum absolute atomic E-state index is 13.2. The van der Waals surface area contributed by atoms with Crippen molar-refractivity contribution in [2.45, 2.75) is 19.4 Å². The Morgan fingerprint density at radius 1 is 1.10 bits per heavy atom. The SMILES string of the molecule is CCOC(=O)Nc1ccc(NC(Cc2ccc(F)cc2)c2ccccc2)nc1N. The molecule has 0 bridgehead atoms. The zero-order valence-corrected chi connectivity index (χ0v) is 16.1. The lowest BCUT2D eigenvalue weighted by Gasteiger charge is -2.21. The summed E-state index contributed by atoms with van der Waals surface area (Å²) in [4.78, 5) is 15.9. The Bertz CT molecular complexity index is 949. The van der Waals surface area contributed by atoms with Crippen LogP contribution in [0.1, 0.15) is 24.1 Å². The predicted molar refractivity (Wildman–Crippen MR) is 112 cm³/mol. The first-order chi connectivity index (χ1) is 14.0. The second kappa shape index (κ2) is 9.54.